The van der Waals surface area contributed by atoms with Crippen molar-refractivity contribution in [3.8, 4) is 0 Å². The van der Waals surface area contributed by atoms with Gasteiger partial charge in [-0.1, -0.05) is 0 Å². The molecule has 90 valence electrons. The minimum atomic E-state index is -5.33. The molecule has 0 aromatic heterocycles. The first-order valence-electron chi connectivity index (χ1n) is 4.18. The normalized spacial score (nSPS) is 24.5. The second-order valence-electron chi connectivity index (χ2n) is 3.42. The molecule has 0 aliphatic carbocycles. The Morgan fingerprint density at radius 1 is 1.13 bits per heavy atom. The largest absolute Gasteiger partial charge is 0.371 e. The predicted molar refractivity (Wildman–Crippen MR) is 50.1 cm³/mol. The molecule has 1 saturated heterocycles. The standard InChI is InChI=1S/C5H13NO7P2/c7-5(14(8,9)10,15(11,12)13)4-2-1-3-6-4/h4,6-7H,1-3H2,(H2,8,9,10)(H2,11,12,13). The first kappa shape index (κ1) is 13.3. The van der Waals surface area contributed by atoms with Gasteiger partial charge in [-0.25, -0.2) is 0 Å². The third-order valence-electron chi connectivity index (χ3n) is 2.39. The summed E-state index contributed by atoms with van der Waals surface area (Å²) in [6.45, 7) is 0.354. The highest BCUT2D eigenvalue weighted by atomic mass is 31.2. The highest BCUT2D eigenvalue weighted by molar-refractivity contribution is 7.72. The molecule has 15 heavy (non-hydrogen) atoms. The first-order chi connectivity index (χ1) is 6.61. The average molecular weight is 261 g/mol. The van der Waals surface area contributed by atoms with Gasteiger partial charge in [0.15, 0.2) is 0 Å². The number of hydrogen-bond donors (Lipinski definition) is 6. The summed E-state index contributed by atoms with van der Waals surface area (Å²) in [5.41, 5.74) is 0. The highest BCUT2D eigenvalue weighted by Crippen LogP contribution is 2.69. The Bertz CT molecular complexity index is 304. The quantitative estimate of drug-likeness (QED) is 0.345. The Balaban J connectivity index is 3.18. The number of nitrogens with one attached hydrogen (secondary N) is 1. The van der Waals surface area contributed by atoms with Gasteiger partial charge in [0.2, 0.25) is 0 Å². The minimum Gasteiger partial charge on any atom is -0.366 e. The van der Waals surface area contributed by atoms with Crippen molar-refractivity contribution in [3.63, 3.8) is 0 Å². The molecule has 1 aliphatic heterocycles. The molecule has 0 radical (unpaired) electrons. The maximum Gasteiger partial charge on any atom is 0.371 e. The van der Waals surface area contributed by atoms with Crippen LogP contribution in [0.15, 0.2) is 0 Å². The molecule has 1 aliphatic rings. The van der Waals surface area contributed by atoms with Crippen LogP contribution in [0.1, 0.15) is 12.8 Å². The molecule has 1 atom stereocenters. The molecule has 1 unspecified atom stereocenters. The van der Waals surface area contributed by atoms with E-state index in [9.17, 15) is 14.2 Å². The van der Waals surface area contributed by atoms with E-state index in [0.717, 1.165) is 0 Å². The van der Waals surface area contributed by atoms with Gasteiger partial charge in [-0.3, -0.25) is 9.13 Å². The van der Waals surface area contributed by atoms with Crippen LogP contribution in [0.4, 0.5) is 0 Å². The van der Waals surface area contributed by atoms with E-state index in [4.69, 9.17) is 19.6 Å². The van der Waals surface area contributed by atoms with Gasteiger partial charge in [0.05, 0.1) is 6.04 Å². The predicted octanol–water partition coefficient (Wildman–Crippen LogP) is -1.26. The van der Waals surface area contributed by atoms with Crippen LogP contribution in [0.3, 0.4) is 0 Å². The molecule has 6 N–H and O–H groups in total. The third kappa shape index (κ3) is 2.18. The molecule has 0 amide bonds. The highest BCUT2D eigenvalue weighted by Gasteiger charge is 2.64. The van der Waals surface area contributed by atoms with E-state index in [0.29, 0.717) is 13.0 Å². The molecule has 1 fully saturated rings. The Morgan fingerprint density at radius 2 is 1.60 bits per heavy atom. The Kier molecular flexibility index (Phi) is 3.46. The Labute approximate surface area is 85.6 Å². The van der Waals surface area contributed by atoms with E-state index in [1.807, 2.05) is 0 Å². The van der Waals surface area contributed by atoms with Crippen LogP contribution in [-0.4, -0.2) is 42.3 Å². The fourth-order valence-corrected chi connectivity index (χ4v) is 4.20. The topological polar surface area (TPSA) is 147 Å². The zero-order valence-electron chi connectivity index (χ0n) is 7.65. The third-order valence-corrected chi connectivity index (χ3v) is 6.29. The van der Waals surface area contributed by atoms with Crippen molar-refractivity contribution in [1.29, 1.82) is 0 Å². The lowest BCUT2D eigenvalue weighted by Gasteiger charge is -2.34. The summed E-state index contributed by atoms with van der Waals surface area (Å²) >= 11 is 0. The molecular weight excluding hydrogens is 248 g/mol. The monoisotopic (exact) mass is 261 g/mol. The lowest BCUT2D eigenvalue weighted by molar-refractivity contribution is 0.101. The molecule has 0 aromatic rings. The second kappa shape index (κ2) is 3.91. The minimum absolute atomic E-state index is 0.104. The molecule has 0 bridgehead atoms. The van der Waals surface area contributed by atoms with E-state index in [-0.39, 0.29) is 6.42 Å². The Morgan fingerprint density at radius 3 is 1.87 bits per heavy atom. The van der Waals surface area contributed by atoms with E-state index < -0.39 is 26.3 Å². The van der Waals surface area contributed by atoms with Crippen LogP contribution in [0.5, 0.6) is 0 Å². The smallest absolute Gasteiger partial charge is 0.366 e. The molecule has 1 heterocycles. The molecule has 10 heteroatoms. The lowest BCUT2D eigenvalue weighted by atomic mass is 10.2. The number of aliphatic hydroxyl groups is 1. The van der Waals surface area contributed by atoms with Crippen molar-refractivity contribution in [2.75, 3.05) is 6.54 Å². The van der Waals surface area contributed by atoms with Crippen LogP contribution in [0, 0.1) is 0 Å². The maximum absolute atomic E-state index is 11.0. The summed E-state index contributed by atoms with van der Waals surface area (Å²) in [7, 11) is -10.7. The summed E-state index contributed by atoms with van der Waals surface area (Å²) in [5.74, 6) is 0. The van der Waals surface area contributed by atoms with E-state index in [2.05, 4.69) is 5.32 Å². The van der Waals surface area contributed by atoms with Gasteiger partial charge >= 0.3 is 15.2 Å². The van der Waals surface area contributed by atoms with Crippen molar-refractivity contribution < 1.29 is 33.8 Å². The van der Waals surface area contributed by atoms with Gasteiger partial charge in [0.25, 0.3) is 5.08 Å². The zero-order valence-corrected chi connectivity index (χ0v) is 9.43. The molecule has 1 rings (SSSR count). The van der Waals surface area contributed by atoms with E-state index in [1.165, 1.54) is 0 Å². The van der Waals surface area contributed by atoms with Crippen molar-refractivity contribution in [1.82, 2.24) is 5.32 Å². The lowest BCUT2D eigenvalue weighted by Crippen LogP contribution is -2.47. The average Bonchev–Trinajstić information content (AvgIpc) is 2.49. The molecule has 0 spiro atoms. The fourth-order valence-electron chi connectivity index (χ4n) is 1.59. The van der Waals surface area contributed by atoms with Gasteiger partial charge in [-0.05, 0) is 19.4 Å². The SMILES string of the molecule is O=P(O)(O)C(O)(C1CCCN1)P(=O)(O)O. The molecule has 0 aromatic carbocycles. The molecule has 8 nitrogen and oxygen atoms in total. The van der Waals surface area contributed by atoms with E-state index in [1.54, 1.807) is 0 Å². The van der Waals surface area contributed by atoms with Gasteiger partial charge in [-0.2, -0.15) is 0 Å². The zero-order chi connectivity index (χ0) is 11.9. The van der Waals surface area contributed by atoms with Crippen molar-refractivity contribution >= 4 is 15.2 Å². The summed E-state index contributed by atoms with van der Waals surface area (Å²) in [4.78, 5) is 35.4. The fraction of sp³-hybridized carbons (Fsp3) is 1.00. The van der Waals surface area contributed by atoms with Crippen LogP contribution in [0.25, 0.3) is 0 Å². The summed E-state index contributed by atoms with van der Waals surface area (Å²) in [5, 5.41) is 8.75. The second-order valence-corrected chi connectivity index (χ2v) is 7.32. The van der Waals surface area contributed by atoms with Crippen LogP contribution >= 0.6 is 15.2 Å². The van der Waals surface area contributed by atoms with Crippen molar-refractivity contribution in [2.45, 2.75) is 24.0 Å². The van der Waals surface area contributed by atoms with Gasteiger partial charge in [-0.15, -0.1) is 0 Å². The van der Waals surface area contributed by atoms with Gasteiger partial charge in [0, 0.05) is 0 Å². The van der Waals surface area contributed by atoms with Crippen LogP contribution in [0.2, 0.25) is 0 Å². The summed E-state index contributed by atoms with van der Waals surface area (Å²) in [6, 6.07) is -1.29. The van der Waals surface area contributed by atoms with Crippen LogP contribution < -0.4 is 5.32 Å². The van der Waals surface area contributed by atoms with Crippen LogP contribution in [-0.2, 0) is 9.13 Å². The maximum atomic E-state index is 11.0. The number of hydrogen-bond acceptors (Lipinski definition) is 4. The Hall–Kier alpha value is 0.220. The molecular formula is C5H13NO7P2. The first-order valence-corrected chi connectivity index (χ1v) is 7.40. The van der Waals surface area contributed by atoms with Crippen molar-refractivity contribution in [2.24, 2.45) is 0 Å². The molecule has 0 saturated carbocycles. The van der Waals surface area contributed by atoms with Gasteiger partial charge in [0.1, 0.15) is 0 Å². The number of rotatable bonds is 3. The summed E-state index contributed by atoms with van der Waals surface area (Å²) < 4.78 is 22.0. The van der Waals surface area contributed by atoms with Crippen molar-refractivity contribution in [3.05, 3.63) is 0 Å². The van der Waals surface area contributed by atoms with E-state index >= 15 is 0 Å². The summed E-state index contributed by atoms with van der Waals surface area (Å²) in [6.07, 6.45) is 0.597. The van der Waals surface area contributed by atoms with Gasteiger partial charge < -0.3 is 30.0 Å².